The van der Waals surface area contributed by atoms with E-state index in [9.17, 15) is 14.4 Å². The Morgan fingerprint density at radius 2 is 1.80 bits per heavy atom. The maximum absolute atomic E-state index is 14.5. The van der Waals surface area contributed by atoms with Gasteiger partial charge in [-0.15, -0.1) is 0 Å². The van der Waals surface area contributed by atoms with Crippen LogP contribution < -0.4 is 4.90 Å². The van der Waals surface area contributed by atoms with E-state index in [0.29, 0.717) is 24.5 Å². The molecule has 0 amide bonds. The molecule has 4 aliphatic rings. The number of carbonyl (C=O) groups excluding carboxylic acids is 1. The summed E-state index contributed by atoms with van der Waals surface area (Å²) in [5.74, 6) is 0.777. The van der Waals surface area contributed by atoms with E-state index in [1.54, 1.807) is 12.1 Å². The lowest BCUT2D eigenvalue weighted by molar-refractivity contribution is -0.121. The first-order valence-electron chi connectivity index (χ1n) is 14.8. The smallest absolute Gasteiger partial charge is 0.164 e. The molecule has 2 aromatic rings. The van der Waals surface area contributed by atoms with Crippen LogP contribution in [0.3, 0.4) is 0 Å². The maximum Gasteiger partial charge on any atom is 0.164 e. The molecule has 3 saturated heterocycles. The van der Waals surface area contributed by atoms with E-state index in [1.807, 2.05) is 30.3 Å². The van der Waals surface area contributed by atoms with Crippen LogP contribution in [0.25, 0.3) is 0 Å². The fourth-order valence-electron chi connectivity index (χ4n) is 7.82. The average molecular weight is 541 g/mol. The van der Waals surface area contributed by atoms with Gasteiger partial charge in [-0.1, -0.05) is 18.6 Å². The lowest BCUT2D eigenvalue weighted by Gasteiger charge is -2.48. The van der Waals surface area contributed by atoms with Crippen LogP contribution in [0.1, 0.15) is 49.7 Å². The molecule has 0 radical (unpaired) electrons. The Labute approximate surface area is 236 Å². The minimum absolute atomic E-state index is 0.0474. The molecule has 0 bridgehead atoms. The minimum Gasteiger partial charge on any atom is -0.371 e. The van der Waals surface area contributed by atoms with E-state index in [2.05, 4.69) is 21.9 Å². The van der Waals surface area contributed by atoms with Crippen molar-refractivity contribution in [3.05, 3.63) is 65.5 Å². The molecular formula is C33H37FN4O2. The molecule has 6 nitrogen and oxygen atoms in total. The van der Waals surface area contributed by atoms with E-state index in [1.165, 1.54) is 11.8 Å². The molecule has 40 heavy (non-hydrogen) atoms. The summed E-state index contributed by atoms with van der Waals surface area (Å²) < 4.78 is 19.8. The SMILES string of the molecule is N#Cc1ccc(N2CC(CN3CCC([C@@](C#N)(c4cccc(F)c4)[C@H]4CCC[C@@H]4CC(=O)[C@H]4CO4)CC3)C2)cc1. The van der Waals surface area contributed by atoms with Crippen molar-refractivity contribution in [2.75, 3.05) is 44.2 Å². The predicted molar refractivity (Wildman–Crippen MR) is 150 cm³/mol. The highest BCUT2D eigenvalue weighted by molar-refractivity contribution is 5.85. The van der Waals surface area contributed by atoms with Crippen LogP contribution in [0.2, 0.25) is 0 Å². The van der Waals surface area contributed by atoms with Crippen LogP contribution in [0.4, 0.5) is 10.1 Å². The zero-order valence-electron chi connectivity index (χ0n) is 23.0. The van der Waals surface area contributed by atoms with Gasteiger partial charge in [0.15, 0.2) is 5.78 Å². The van der Waals surface area contributed by atoms with Gasteiger partial charge < -0.3 is 14.5 Å². The molecular weight excluding hydrogens is 503 g/mol. The summed E-state index contributed by atoms with van der Waals surface area (Å²) in [5, 5.41) is 20.0. The Bertz CT molecular complexity index is 1300. The van der Waals surface area contributed by atoms with Crippen molar-refractivity contribution < 1.29 is 13.9 Å². The highest BCUT2D eigenvalue weighted by atomic mass is 19.1. The number of carbonyl (C=O) groups is 1. The van der Waals surface area contributed by atoms with E-state index >= 15 is 0 Å². The first-order valence-corrected chi connectivity index (χ1v) is 14.8. The second kappa shape index (κ2) is 11.3. The number of ketones is 1. The molecule has 1 saturated carbocycles. The molecule has 7 heteroatoms. The fraction of sp³-hybridized carbons (Fsp3) is 0.545. The number of ether oxygens (including phenoxy) is 1. The zero-order chi connectivity index (χ0) is 27.7. The van der Waals surface area contributed by atoms with Crippen molar-refractivity contribution in [2.45, 2.75) is 50.0 Å². The number of halogens is 1. The van der Waals surface area contributed by atoms with E-state index < -0.39 is 5.41 Å². The van der Waals surface area contributed by atoms with Crippen molar-refractivity contribution in [3.8, 4) is 12.1 Å². The lowest BCUT2D eigenvalue weighted by Crippen LogP contribution is -2.54. The van der Waals surface area contributed by atoms with Crippen LogP contribution in [-0.4, -0.2) is 56.1 Å². The van der Waals surface area contributed by atoms with Crippen molar-refractivity contribution in [2.24, 2.45) is 23.7 Å². The Hall–Kier alpha value is -3.26. The van der Waals surface area contributed by atoms with Gasteiger partial charge >= 0.3 is 0 Å². The number of piperidine rings is 1. The minimum atomic E-state index is -0.789. The number of rotatable bonds is 9. The monoisotopic (exact) mass is 540 g/mol. The zero-order valence-corrected chi connectivity index (χ0v) is 23.0. The van der Waals surface area contributed by atoms with Crippen molar-refractivity contribution in [1.82, 2.24) is 4.90 Å². The first-order chi connectivity index (χ1) is 19.5. The maximum atomic E-state index is 14.5. The Balaban J connectivity index is 1.13. The molecule has 0 spiro atoms. The standard InChI is InChI=1S/C33H37FN4O2/c34-28-5-2-4-27(16-28)33(22-36,30-6-1-3-25(30)15-31(39)32-21-40-32)26-11-13-37(14-12-26)18-24-19-38(20-24)29-9-7-23(17-35)8-10-29/h2,4-5,7-10,16,24-26,30,32H,1,3,6,11-15,18-21H2/t25-,30+,32-,33+/m1/s1. The summed E-state index contributed by atoms with van der Waals surface area (Å²) in [5.41, 5.74) is 1.85. The molecule has 2 aromatic carbocycles. The second-order valence-corrected chi connectivity index (χ2v) is 12.3. The van der Waals surface area contributed by atoms with Gasteiger partial charge in [0.25, 0.3) is 0 Å². The third kappa shape index (κ3) is 5.26. The number of anilines is 1. The molecule has 0 unspecified atom stereocenters. The highest BCUT2D eigenvalue weighted by Crippen LogP contribution is 2.53. The summed E-state index contributed by atoms with van der Waals surface area (Å²) >= 11 is 0. The van der Waals surface area contributed by atoms with Gasteiger partial charge in [-0.3, -0.25) is 4.79 Å². The van der Waals surface area contributed by atoms with Crippen molar-refractivity contribution in [1.29, 1.82) is 10.5 Å². The number of hydrogen-bond donors (Lipinski definition) is 0. The fourth-order valence-corrected chi connectivity index (χ4v) is 7.82. The van der Waals surface area contributed by atoms with E-state index in [-0.39, 0.29) is 35.5 Å². The number of hydrogen-bond acceptors (Lipinski definition) is 6. The predicted octanol–water partition coefficient (Wildman–Crippen LogP) is 5.08. The van der Waals surface area contributed by atoms with Crippen molar-refractivity contribution >= 4 is 11.5 Å². The Morgan fingerprint density at radius 1 is 1.05 bits per heavy atom. The molecule has 3 heterocycles. The quantitative estimate of drug-likeness (QED) is 0.413. The first kappa shape index (κ1) is 26.9. The third-order valence-corrected chi connectivity index (χ3v) is 9.95. The van der Waals surface area contributed by atoms with Gasteiger partial charge in [0.05, 0.1) is 29.7 Å². The molecule has 1 aliphatic carbocycles. The molecule has 0 N–H and O–H groups in total. The summed E-state index contributed by atoms with van der Waals surface area (Å²) in [7, 11) is 0. The van der Waals surface area contributed by atoms with Gasteiger partial charge in [0, 0.05) is 37.7 Å². The summed E-state index contributed by atoms with van der Waals surface area (Å²) in [6.45, 7) is 5.46. The van der Waals surface area contributed by atoms with Gasteiger partial charge in [-0.2, -0.15) is 10.5 Å². The number of nitrogens with zero attached hydrogens (tertiary/aromatic N) is 4. The third-order valence-electron chi connectivity index (χ3n) is 9.95. The molecule has 6 rings (SSSR count). The van der Waals surface area contributed by atoms with Gasteiger partial charge in [-0.25, -0.2) is 4.39 Å². The number of benzene rings is 2. The second-order valence-electron chi connectivity index (χ2n) is 12.3. The van der Waals surface area contributed by atoms with Crippen LogP contribution in [0.15, 0.2) is 48.5 Å². The van der Waals surface area contributed by atoms with Crippen LogP contribution in [0.5, 0.6) is 0 Å². The molecule has 208 valence electrons. The molecule has 4 atom stereocenters. The number of likely N-dealkylation sites (tertiary alicyclic amines) is 1. The van der Waals surface area contributed by atoms with Crippen LogP contribution >= 0.6 is 0 Å². The Kier molecular flexibility index (Phi) is 7.62. The summed E-state index contributed by atoms with van der Waals surface area (Å²) in [6.07, 6.45) is 4.86. The number of Topliss-reactive ketones (excluding diaryl/α,β-unsaturated/α-hetero) is 1. The summed E-state index contributed by atoms with van der Waals surface area (Å²) in [6, 6.07) is 19.4. The number of nitriles is 2. The Morgan fingerprint density at radius 3 is 2.45 bits per heavy atom. The lowest BCUT2D eigenvalue weighted by atomic mass is 9.57. The normalized spacial score (nSPS) is 26.9. The van der Waals surface area contributed by atoms with Gasteiger partial charge in [-0.05, 0) is 98.5 Å². The van der Waals surface area contributed by atoms with Gasteiger partial charge in [0.2, 0.25) is 0 Å². The largest absolute Gasteiger partial charge is 0.371 e. The van der Waals surface area contributed by atoms with E-state index in [4.69, 9.17) is 10.00 Å². The molecule has 3 aliphatic heterocycles. The van der Waals surface area contributed by atoms with Crippen LogP contribution in [-0.2, 0) is 14.9 Å². The molecule has 4 fully saturated rings. The summed E-state index contributed by atoms with van der Waals surface area (Å²) in [4.78, 5) is 17.6. The van der Waals surface area contributed by atoms with Crippen molar-refractivity contribution in [3.63, 3.8) is 0 Å². The highest BCUT2D eigenvalue weighted by Gasteiger charge is 2.53. The average Bonchev–Trinajstić information content (AvgIpc) is 3.72. The topological polar surface area (TPSA) is 83.7 Å². The molecule has 0 aromatic heterocycles. The number of epoxide rings is 1. The van der Waals surface area contributed by atoms with Gasteiger partial charge in [0.1, 0.15) is 11.9 Å². The van der Waals surface area contributed by atoms with E-state index in [0.717, 1.165) is 70.4 Å². The van der Waals surface area contributed by atoms with Crippen LogP contribution in [0, 0.1) is 52.2 Å².